The van der Waals surface area contributed by atoms with Crippen molar-refractivity contribution in [1.82, 2.24) is 10.2 Å². The Morgan fingerprint density at radius 1 is 1.00 bits per heavy atom. The van der Waals surface area contributed by atoms with Gasteiger partial charge in [0.05, 0.1) is 12.2 Å². The molecule has 2 aliphatic carbocycles. The molecular weight excluding hydrogens is 324 g/mol. The lowest BCUT2D eigenvalue weighted by atomic mass is 10.0. The average Bonchev–Trinajstić information content (AvgIpc) is 3.40. The lowest BCUT2D eigenvalue weighted by molar-refractivity contribution is -0.0339. The third kappa shape index (κ3) is 4.79. The first-order valence-corrected chi connectivity index (χ1v) is 10.5. The standard InChI is InChI=1S/C22H32N2O2/c25-22(23-21(18-10-11-18)16-17-6-2-1-3-7-17)24-14-12-20(13-15-24)26-19-8-4-5-9-19/h1-3,6-7,18-21H,4-5,8-16H2,(H,23,25). The van der Waals surface area contributed by atoms with Gasteiger partial charge in [0.25, 0.3) is 0 Å². The minimum absolute atomic E-state index is 0.122. The minimum atomic E-state index is 0.122. The zero-order valence-electron chi connectivity index (χ0n) is 15.7. The average molecular weight is 357 g/mol. The molecule has 0 radical (unpaired) electrons. The van der Waals surface area contributed by atoms with E-state index in [-0.39, 0.29) is 12.1 Å². The van der Waals surface area contributed by atoms with Gasteiger partial charge in [-0.15, -0.1) is 0 Å². The first kappa shape index (κ1) is 17.8. The molecule has 3 aliphatic rings. The molecular formula is C22H32N2O2. The van der Waals surface area contributed by atoms with Gasteiger partial charge < -0.3 is 15.0 Å². The molecule has 1 aromatic carbocycles. The predicted octanol–water partition coefficient (Wildman–Crippen LogP) is 4.14. The Morgan fingerprint density at radius 2 is 1.65 bits per heavy atom. The number of nitrogens with zero attached hydrogens (tertiary/aromatic N) is 1. The van der Waals surface area contributed by atoms with Crippen molar-refractivity contribution < 1.29 is 9.53 Å². The van der Waals surface area contributed by atoms with Crippen molar-refractivity contribution in [2.45, 2.75) is 76.0 Å². The summed E-state index contributed by atoms with van der Waals surface area (Å²) >= 11 is 0. The highest BCUT2D eigenvalue weighted by Gasteiger charge is 2.34. The van der Waals surface area contributed by atoms with Crippen molar-refractivity contribution in [3.63, 3.8) is 0 Å². The van der Waals surface area contributed by atoms with Crippen LogP contribution in [0.5, 0.6) is 0 Å². The van der Waals surface area contributed by atoms with E-state index in [1.54, 1.807) is 0 Å². The summed E-state index contributed by atoms with van der Waals surface area (Å²) in [5, 5.41) is 3.33. The maximum Gasteiger partial charge on any atom is 0.317 e. The number of hydrogen-bond acceptors (Lipinski definition) is 2. The lowest BCUT2D eigenvalue weighted by Gasteiger charge is -2.34. The van der Waals surface area contributed by atoms with Crippen LogP contribution in [0.3, 0.4) is 0 Å². The molecule has 26 heavy (non-hydrogen) atoms. The number of ether oxygens (including phenoxy) is 1. The van der Waals surface area contributed by atoms with Crippen molar-refractivity contribution in [1.29, 1.82) is 0 Å². The summed E-state index contributed by atoms with van der Waals surface area (Å²) in [6.45, 7) is 1.65. The summed E-state index contributed by atoms with van der Waals surface area (Å²) in [4.78, 5) is 14.8. The monoisotopic (exact) mass is 356 g/mol. The molecule has 4 heteroatoms. The fourth-order valence-electron chi connectivity index (χ4n) is 4.44. The van der Waals surface area contributed by atoms with E-state index < -0.39 is 0 Å². The van der Waals surface area contributed by atoms with Gasteiger partial charge in [0.1, 0.15) is 0 Å². The molecule has 3 fully saturated rings. The fraction of sp³-hybridized carbons (Fsp3) is 0.682. The topological polar surface area (TPSA) is 41.6 Å². The van der Waals surface area contributed by atoms with E-state index in [4.69, 9.17) is 4.74 Å². The molecule has 1 saturated heterocycles. The van der Waals surface area contributed by atoms with Crippen LogP contribution >= 0.6 is 0 Å². The molecule has 0 spiro atoms. The van der Waals surface area contributed by atoms with E-state index in [9.17, 15) is 4.79 Å². The molecule has 142 valence electrons. The Labute approximate surface area is 157 Å². The van der Waals surface area contributed by atoms with Crippen LogP contribution in [0.4, 0.5) is 4.79 Å². The van der Waals surface area contributed by atoms with Crippen molar-refractivity contribution in [2.24, 2.45) is 5.92 Å². The number of urea groups is 1. The Kier molecular flexibility index (Phi) is 5.78. The molecule has 0 aromatic heterocycles. The van der Waals surface area contributed by atoms with Crippen LogP contribution in [0.15, 0.2) is 30.3 Å². The van der Waals surface area contributed by atoms with Gasteiger partial charge in [-0.2, -0.15) is 0 Å². The highest BCUT2D eigenvalue weighted by molar-refractivity contribution is 5.74. The molecule has 0 bridgehead atoms. The third-order valence-electron chi connectivity index (χ3n) is 6.21. The van der Waals surface area contributed by atoms with Crippen molar-refractivity contribution in [3.05, 3.63) is 35.9 Å². The summed E-state index contributed by atoms with van der Waals surface area (Å²) in [5.41, 5.74) is 1.31. The Hall–Kier alpha value is -1.55. The molecule has 1 N–H and O–H groups in total. The first-order chi connectivity index (χ1) is 12.8. The van der Waals surface area contributed by atoms with Gasteiger partial charge in [-0.1, -0.05) is 43.2 Å². The number of carbonyl (C=O) groups excluding carboxylic acids is 1. The van der Waals surface area contributed by atoms with Crippen LogP contribution < -0.4 is 5.32 Å². The maximum absolute atomic E-state index is 12.8. The highest BCUT2D eigenvalue weighted by atomic mass is 16.5. The van der Waals surface area contributed by atoms with Gasteiger partial charge in [-0.3, -0.25) is 0 Å². The number of hydrogen-bond donors (Lipinski definition) is 1. The molecule has 1 aliphatic heterocycles. The summed E-state index contributed by atoms with van der Waals surface area (Å²) < 4.78 is 6.23. The second-order valence-corrected chi connectivity index (χ2v) is 8.31. The van der Waals surface area contributed by atoms with E-state index in [1.165, 1.54) is 44.1 Å². The molecule has 1 aromatic rings. The van der Waals surface area contributed by atoms with E-state index in [1.807, 2.05) is 11.0 Å². The smallest absolute Gasteiger partial charge is 0.317 e. The van der Waals surface area contributed by atoms with E-state index in [2.05, 4.69) is 29.6 Å². The first-order valence-electron chi connectivity index (χ1n) is 10.5. The molecule has 1 atom stereocenters. The van der Waals surface area contributed by atoms with Gasteiger partial charge in [0, 0.05) is 19.1 Å². The number of likely N-dealkylation sites (tertiary alicyclic amines) is 1. The fourth-order valence-corrected chi connectivity index (χ4v) is 4.44. The van der Waals surface area contributed by atoms with Gasteiger partial charge in [0.15, 0.2) is 0 Å². The number of piperidine rings is 1. The van der Waals surface area contributed by atoms with Crippen molar-refractivity contribution in [2.75, 3.05) is 13.1 Å². The number of nitrogens with one attached hydrogen (secondary N) is 1. The Morgan fingerprint density at radius 3 is 2.31 bits per heavy atom. The maximum atomic E-state index is 12.8. The van der Waals surface area contributed by atoms with E-state index >= 15 is 0 Å². The van der Waals surface area contributed by atoms with Gasteiger partial charge in [0.2, 0.25) is 0 Å². The van der Waals surface area contributed by atoms with Gasteiger partial charge in [-0.05, 0) is 56.4 Å². The zero-order valence-corrected chi connectivity index (χ0v) is 15.7. The Bertz CT molecular complexity index is 573. The van der Waals surface area contributed by atoms with Crippen LogP contribution in [-0.4, -0.2) is 42.3 Å². The molecule has 2 saturated carbocycles. The molecule has 1 heterocycles. The summed E-state index contributed by atoms with van der Waals surface area (Å²) in [5.74, 6) is 0.655. The predicted molar refractivity (Wildman–Crippen MR) is 103 cm³/mol. The third-order valence-corrected chi connectivity index (χ3v) is 6.21. The van der Waals surface area contributed by atoms with Crippen LogP contribution in [0, 0.1) is 5.92 Å². The molecule has 2 amide bonds. The van der Waals surface area contributed by atoms with Crippen LogP contribution in [0.1, 0.15) is 56.9 Å². The zero-order chi connectivity index (χ0) is 17.8. The van der Waals surface area contributed by atoms with E-state index in [0.29, 0.717) is 18.1 Å². The normalized spacial score (nSPS) is 23.2. The summed E-state index contributed by atoms with van der Waals surface area (Å²) in [6, 6.07) is 10.9. The molecule has 4 nitrogen and oxygen atoms in total. The van der Waals surface area contributed by atoms with Crippen LogP contribution in [0.2, 0.25) is 0 Å². The number of amides is 2. The molecule has 1 unspecified atom stereocenters. The quantitative estimate of drug-likeness (QED) is 0.832. The Balaban J connectivity index is 1.24. The van der Waals surface area contributed by atoms with Gasteiger partial charge >= 0.3 is 6.03 Å². The second-order valence-electron chi connectivity index (χ2n) is 8.31. The highest BCUT2D eigenvalue weighted by Crippen LogP contribution is 2.34. The van der Waals surface area contributed by atoms with Crippen molar-refractivity contribution in [3.8, 4) is 0 Å². The second kappa shape index (κ2) is 8.43. The molecule has 4 rings (SSSR count). The van der Waals surface area contributed by atoms with Crippen molar-refractivity contribution >= 4 is 6.03 Å². The number of benzene rings is 1. The summed E-state index contributed by atoms with van der Waals surface area (Å²) in [6.07, 6.45) is 11.3. The van der Waals surface area contributed by atoms with Crippen LogP contribution in [0.25, 0.3) is 0 Å². The number of carbonyl (C=O) groups is 1. The minimum Gasteiger partial charge on any atom is -0.375 e. The van der Waals surface area contributed by atoms with E-state index in [0.717, 1.165) is 32.4 Å². The SMILES string of the molecule is O=C(NC(Cc1ccccc1)C1CC1)N1CCC(OC2CCCC2)CC1. The summed E-state index contributed by atoms with van der Waals surface area (Å²) in [7, 11) is 0. The van der Waals surface area contributed by atoms with Crippen LogP contribution in [-0.2, 0) is 11.2 Å². The number of rotatable bonds is 6. The largest absolute Gasteiger partial charge is 0.375 e. The lowest BCUT2D eigenvalue weighted by Crippen LogP contribution is -2.50. The van der Waals surface area contributed by atoms with Gasteiger partial charge in [-0.25, -0.2) is 4.79 Å².